The monoisotopic (exact) mass is 254 g/mol. The minimum atomic E-state index is -0.310. The van der Waals surface area contributed by atoms with E-state index in [4.69, 9.17) is 9.47 Å². The number of Topliss-reactive ketones (excluding diaryl/α,β-unsaturated/α-hetero) is 1. The number of methoxy groups -OCH3 is 1. The van der Waals surface area contributed by atoms with E-state index in [1.165, 1.54) is 12.8 Å². The normalized spacial score (nSPS) is 40.9. The van der Waals surface area contributed by atoms with Crippen LogP contribution in [0, 0.1) is 17.8 Å². The number of ketones is 1. The SMILES string of the molecule is COC1C(=O)CC1OC1CC(C)CCC1C(C)C. The first-order valence-electron chi connectivity index (χ1n) is 7.24. The van der Waals surface area contributed by atoms with Crippen molar-refractivity contribution in [3.63, 3.8) is 0 Å². The van der Waals surface area contributed by atoms with Crippen molar-refractivity contribution >= 4 is 5.78 Å². The van der Waals surface area contributed by atoms with Crippen molar-refractivity contribution in [2.75, 3.05) is 7.11 Å². The lowest BCUT2D eigenvalue weighted by Gasteiger charge is -2.42. The summed E-state index contributed by atoms with van der Waals surface area (Å²) in [5, 5.41) is 0. The largest absolute Gasteiger partial charge is 0.371 e. The molecule has 0 amide bonds. The lowest BCUT2D eigenvalue weighted by molar-refractivity contribution is -0.179. The zero-order valence-corrected chi connectivity index (χ0v) is 12.0. The molecule has 5 unspecified atom stereocenters. The average molecular weight is 254 g/mol. The molecule has 2 saturated carbocycles. The van der Waals surface area contributed by atoms with E-state index in [1.807, 2.05) is 0 Å². The molecule has 18 heavy (non-hydrogen) atoms. The molecule has 0 aromatic heterocycles. The van der Waals surface area contributed by atoms with Gasteiger partial charge in [0.1, 0.15) is 6.10 Å². The van der Waals surface area contributed by atoms with E-state index >= 15 is 0 Å². The Morgan fingerprint density at radius 3 is 2.50 bits per heavy atom. The van der Waals surface area contributed by atoms with Crippen molar-refractivity contribution in [1.82, 2.24) is 0 Å². The Balaban J connectivity index is 1.94. The average Bonchev–Trinajstić information content (AvgIpc) is 2.28. The van der Waals surface area contributed by atoms with E-state index in [1.54, 1.807) is 7.11 Å². The first-order valence-corrected chi connectivity index (χ1v) is 7.24. The second kappa shape index (κ2) is 5.70. The van der Waals surface area contributed by atoms with Crippen LogP contribution in [0.15, 0.2) is 0 Å². The third-order valence-corrected chi connectivity index (χ3v) is 4.62. The molecule has 0 bridgehead atoms. The van der Waals surface area contributed by atoms with Crippen molar-refractivity contribution in [2.24, 2.45) is 17.8 Å². The van der Waals surface area contributed by atoms with E-state index in [0.717, 1.165) is 12.3 Å². The van der Waals surface area contributed by atoms with Gasteiger partial charge in [-0.1, -0.05) is 27.2 Å². The molecular weight excluding hydrogens is 228 g/mol. The smallest absolute Gasteiger partial charge is 0.166 e. The standard InChI is InChI=1S/C15H26O3/c1-9(2)11-6-5-10(3)7-13(11)18-14-8-12(16)15(14)17-4/h9-11,13-15H,5-8H2,1-4H3. The quantitative estimate of drug-likeness (QED) is 0.774. The summed E-state index contributed by atoms with van der Waals surface area (Å²) in [6.07, 6.45) is 4.22. The highest BCUT2D eigenvalue weighted by atomic mass is 16.5. The van der Waals surface area contributed by atoms with Gasteiger partial charge in [0.2, 0.25) is 0 Å². The van der Waals surface area contributed by atoms with Crippen LogP contribution in [0.25, 0.3) is 0 Å². The number of carbonyl (C=O) groups is 1. The summed E-state index contributed by atoms with van der Waals surface area (Å²) in [7, 11) is 1.60. The van der Waals surface area contributed by atoms with Crippen LogP contribution in [0.4, 0.5) is 0 Å². The van der Waals surface area contributed by atoms with Crippen molar-refractivity contribution in [2.45, 2.75) is 64.8 Å². The molecule has 5 atom stereocenters. The van der Waals surface area contributed by atoms with Gasteiger partial charge >= 0.3 is 0 Å². The fraction of sp³-hybridized carbons (Fsp3) is 0.933. The Morgan fingerprint density at radius 2 is 1.94 bits per heavy atom. The van der Waals surface area contributed by atoms with Gasteiger partial charge in [-0.25, -0.2) is 0 Å². The summed E-state index contributed by atoms with van der Waals surface area (Å²) in [5.41, 5.74) is 0. The first-order chi connectivity index (χ1) is 8.52. The maximum absolute atomic E-state index is 11.4. The summed E-state index contributed by atoms with van der Waals surface area (Å²) < 4.78 is 11.4. The summed E-state index contributed by atoms with van der Waals surface area (Å²) in [6.45, 7) is 6.85. The molecule has 3 nitrogen and oxygen atoms in total. The highest BCUT2D eigenvalue weighted by molar-refractivity contribution is 5.90. The van der Waals surface area contributed by atoms with E-state index in [2.05, 4.69) is 20.8 Å². The van der Waals surface area contributed by atoms with Crippen LogP contribution < -0.4 is 0 Å². The third kappa shape index (κ3) is 2.77. The fourth-order valence-corrected chi connectivity index (χ4v) is 3.37. The molecule has 104 valence electrons. The van der Waals surface area contributed by atoms with Gasteiger partial charge in [0.25, 0.3) is 0 Å². The van der Waals surface area contributed by atoms with Gasteiger partial charge in [-0.15, -0.1) is 0 Å². The minimum Gasteiger partial charge on any atom is -0.371 e. The van der Waals surface area contributed by atoms with Gasteiger partial charge in [-0.3, -0.25) is 4.79 Å². The van der Waals surface area contributed by atoms with Crippen molar-refractivity contribution in [3.05, 3.63) is 0 Å². The number of ether oxygens (including phenoxy) is 2. The Labute approximate surface area is 110 Å². The molecule has 3 heteroatoms. The molecule has 2 rings (SSSR count). The van der Waals surface area contributed by atoms with Crippen LogP contribution in [0.5, 0.6) is 0 Å². The Hall–Kier alpha value is -0.410. The van der Waals surface area contributed by atoms with Gasteiger partial charge in [-0.05, 0) is 30.6 Å². The van der Waals surface area contributed by atoms with Crippen LogP contribution in [0.3, 0.4) is 0 Å². The first kappa shape index (κ1) is 14.0. The predicted octanol–water partition coefficient (Wildman–Crippen LogP) is 2.82. The van der Waals surface area contributed by atoms with Crippen LogP contribution >= 0.6 is 0 Å². The van der Waals surface area contributed by atoms with Gasteiger partial charge in [-0.2, -0.15) is 0 Å². The molecule has 0 N–H and O–H groups in total. The highest BCUT2D eigenvalue weighted by Crippen LogP contribution is 2.37. The zero-order chi connectivity index (χ0) is 13.3. The van der Waals surface area contributed by atoms with Crippen molar-refractivity contribution in [1.29, 1.82) is 0 Å². The molecule has 0 saturated heterocycles. The van der Waals surface area contributed by atoms with Gasteiger partial charge in [0, 0.05) is 13.5 Å². The fourth-order valence-electron chi connectivity index (χ4n) is 3.37. The Morgan fingerprint density at radius 1 is 1.22 bits per heavy atom. The molecule has 0 aromatic carbocycles. The van der Waals surface area contributed by atoms with Gasteiger partial charge < -0.3 is 9.47 Å². The number of hydrogen-bond donors (Lipinski definition) is 0. The number of hydrogen-bond acceptors (Lipinski definition) is 3. The molecule has 0 radical (unpaired) electrons. The summed E-state index contributed by atoms with van der Waals surface area (Å²) in [4.78, 5) is 11.4. The van der Waals surface area contributed by atoms with Gasteiger partial charge in [0.15, 0.2) is 5.78 Å². The van der Waals surface area contributed by atoms with E-state index in [0.29, 0.717) is 24.4 Å². The topological polar surface area (TPSA) is 35.5 Å². The molecule has 0 spiro atoms. The molecule has 0 heterocycles. The highest BCUT2D eigenvalue weighted by Gasteiger charge is 2.44. The number of rotatable bonds is 4. The van der Waals surface area contributed by atoms with Crippen molar-refractivity contribution in [3.8, 4) is 0 Å². The lowest BCUT2D eigenvalue weighted by atomic mass is 9.75. The molecular formula is C15H26O3. The summed E-state index contributed by atoms with van der Waals surface area (Å²) in [6, 6.07) is 0. The second-order valence-corrected chi connectivity index (χ2v) is 6.37. The van der Waals surface area contributed by atoms with Crippen LogP contribution in [-0.2, 0) is 14.3 Å². The second-order valence-electron chi connectivity index (χ2n) is 6.37. The van der Waals surface area contributed by atoms with E-state index < -0.39 is 0 Å². The maximum atomic E-state index is 11.4. The molecule has 2 aliphatic carbocycles. The molecule has 0 aromatic rings. The predicted molar refractivity (Wildman–Crippen MR) is 70.4 cm³/mol. The molecule has 0 aliphatic heterocycles. The lowest BCUT2D eigenvalue weighted by Crippen LogP contribution is -2.53. The van der Waals surface area contributed by atoms with Crippen LogP contribution in [0.1, 0.15) is 46.5 Å². The van der Waals surface area contributed by atoms with E-state index in [9.17, 15) is 4.79 Å². The maximum Gasteiger partial charge on any atom is 0.166 e. The molecule has 2 aliphatic rings. The third-order valence-electron chi connectivity index (χ3n) is 4.62. The van der Waals surface area contributed by atoms with Crippen molar-refractivity contribution < 1.29 is 14.3 Å². The Bertz CT molecular complexity index is 300. The van der Waals surface area contributed by atoms with Crippen LogP contribution in [-0.4, -0.2) is 31.2 Å². The minimum absolute atomic E-state index is 0.000880. The van der Waals surface area contributed by atoms with Crippen LogP contribution in [0.2, 0.25) is 0 Å². The molecule has 2 fully saturated rings. The summed E-state index contributed by atoms with van der Waals surface area (Å²) >= 11 is 0. The number of carbonyl (C=O) groups excluding carboxylic acids is 1. The zero-order valence-electron chi connectivity index (χ0n) is 12.0. The van der Waals surface area contributed by atoms with Gasteiger partial charge in [0.05, 0.1) is 12.2 Å². The summed E-state index contributed by atoms with van der Waals surface area (Å²) in [5.74, 6) is 2.21. The Kier molecular flexibility index (Phi) is 4.44. The van der Waals surface area contributed by atoms with E-state index in [-0.39, 0.29) is 18.0 Å².